The number of nitrogens with zero attached hydrogens (tertiary/aromatic N) is 4. The quantitative estimate of drug-likeness (QED) is 0.368. The van der Waals surface area contributed by atoms with Crippen molar-refractivity contribution in [3.05, 3.63) is 46.1 Å². The molecular weight excluding hydrogens is 388 g/mol. The third kappa shape index (κ3) is 3.46. The van der Waals surface area contributed by atoms with Crippen LogP contribution in [0.2, 0.25) is 0 Å². The number of carbonyl (C=O) groups excluding carboxylic acids is 1. The topological polar surface area (TPSA) is 81.2 Å². The number of aromatic nitrogens is 3. The Bertz CT molecular complexity index is 1160. The molecule has 3 heterocycles. The standard InChI is InChI=1S/C21H24N4O3S/c1-12-9-21(2,3)25(5)16-8-18-13(6-14(12)16)7-15(19(27)28-18)17(26)10-29-20-23-22-11-24(20)4/h6-8,11-12H,9-10H2,1-5H3/t12-/m1/s1. The lowest BCUT2D eigenvalue weighted by Crippen LogP contribution is -2.45. The lowest BCUT2D eigenvalue weighted by molar-refractivity contribution is 0.101. The molecule has 0 fully saturated rings. The molecule has 1 atom stereocenters. The number of Topliss-reactive ketones (excluding diaryl/α,β-unsaturated/α-hetero) is 1. The Morgan fingerprint density at radius 1 is 1.31 bits per heavy atom. The predicted octanol–water partition coefficient (Wildman–Crippen LogP) is 3.62. The van der Waals surface area contributed by atoms with E-state index < -0.39 is 5.63 Å². The monoisotopic (exact) mass is 412 g/mol. The molecule has 0 spiro atoms. The first-order valence-electron chi connectivity index (χ1n) is 9.53. The molecule has 1 aromatic carbocycles. The fraction of sp³-hybridized carbons (Fsp3) is 0.429. The molecule has 0 bridgehead atoms. The second kappa shape index (κ2) is 7.02. The zero-order valence-electron chi connectivity index (χ0n) is 17.2. The van der Waals surface area contributed by atoms with Gasteiger partial charge in [-0.05, 0) is 43.9 Å². The smallest absolute Gasteiger partial charge is 0.347 e. The van der Waals surface area contributed by atoms with Gasteiger partial charge < -0.3 is 13.9 Å². The predicted molar refractivity (Wildman–Crippen MR) is 114 cm³/mol. The first-order chi connectivity index (χ1) is 13.7. The molecule has 1 aliphatic rings. The first-order valence-corrected chi connectivity index (χ1v) is 10.5. The molecule has 3 aromatic rings. The number of carbonyl (C=O) groups is 1. The molecule has 4 rings (SSSR count). The van der Waals surface area contributed by atoms with Gasteiger partial charge in [0.2, 0.25) is 0 Å². The molecule has 0 N–H and O–H groups in total. The van der Waals surface area contributed by atoms with Crippen LogP contribution < -0.4 is 10.5 Å². The number of fused-ring (bicyclic) bond motifs is 2. The van der Waals surface area contributed by atoms with Gasteiger partial charge >= 0.3 is 5.63 Å². The molecule has 2 aromatic heterocycles. The number of thioether (sulfide) groups is 1. The van der Waals surface area contributed by atoms with Crippen molar-refractivity contribution in [3.8, 4) is 0 Å². The summed E-state index contributed by atoms with van der Waals surface area (Å²) in [4.78, 5) is 27.4. The summed E-state index contributed by atoms with van der Waals surface area (Å²) in [6.45, 7) is 6.63. The number of aryl methyl sites for hydroxylation is 1. The number of rotatable bonds is 4. The van der Waals surface area contributed by atoms with Crippen molar-refractivity contribution in [3.63, 3.8) is 0 Å². The Morgan fingerprint density at radius 2 is 2.07 bits per heavy atom. The Morgan fingerprint density at radius 3 is 2.76 bits per heavy atom. The lowest BCUT2D eigenvalue weighted by atomic mass is 9.80. The van der Waals surface area contributed by atoms with Crippen LogP contribution in [0, 0.1) is 0 Å². The second-order valence-corrected chi connectivity index (χ2v) is 9.25. The fourth-order valence-corrected chi connectivity index (χ4v) is 4.76. The normalized spacial score (nSPS) is 18.1. The number of anilines is 1. The Labute approximate surface area is 173 Å². The summed E-state index contributed by atoms with van der Waals surface area (Å²) in [5, 5.41) is 9.13. The van der Waals surface area contributed by atoms with Gasteiger partial charge in [0.1, 0.15) is 17.5 Å². The number of benzene rings is 1. The SMILES string of the molecule is C[C@@H]1CC(C)(C)N(C)c2cc3oc(=O)c(C(=O)CSc4nncn4C)cc3cc21. The number of ketones is 1. The van der Waals surface area contributed by atoms with Crippen LogP contribution in [0.5, 0.6) is 0 Å². The fourth-order valence-electron chi connectivity index (χ4n) is 3.99. The highest BCUT2D eigenvalue weighted by Gasteiger charge is 2.34. The maximum atomic E-state index is 12.7. The maximum Gasteiger partial charge on any atom is 0.347 e. The van der Waals surface area contributed by atoms with Crippen LogP contribution >= 0.6 is 11.8 Å². The third-order valence-corrected chi connectivity index (χ3v) is 6.82. The van der Waals surface area contributed by atoms with Gasteiger partial charge in [0.05, 0.1) is 5.75 Å². The van der Waals surface area contributed by atoms with Crippen molar-refractivity contribution >= 4 is 34.2 Å². The van der Waals surface area contributed by atoms with Crippen LogP contribution in [-0.2, 0) is 7.05 Å². The molecular formula is C21H24N4O3S. The van der Waals surface area contributed by atoms with Crippen molar-refractivity contribution in [1.29, 1.82) is 0 Å². The third-order valence-electron chi connectivity index (χ3n) is 5.79. The largest absolute Gasteiger partial charge is 0.422 e. The van der Waals surface area contributed by atoms with Gasteiger partial charge in [-0.3, -0.25) is 4.79 Å². The zero-order chi connectivity index (χ0) is 20.9. The molecule has 0 saturated carbocycles. The van der Waals surface area contributed by atoms with Crippen LogP contribution in [0.15, 0.2) is 38.9 Å². The minimum atomic E-state index is -0.605. The van der Waals surface area contributed by atoms with E-state index >= 15 is 0 Å². The van der Waals surface area contributed by atoms with Crippen LogP contribution in [0.25, 0.3) is 11.0 Å². The molecule has 0 aliphatic carbocycles. The van der Waals surface area contributed by atoms with Crippen molar-refractivity contribution in [2.75, 3.05) is 17.7 Å². The highest BCUT2D eigenvalue weighted by molar-refractivity contribution is 7.99. The van der Waals surface area contributed by atoms with Crippen LogP contribution in [0.1, 0.15) is 49.0 Å². The summed E-state index contributed by atoms with van der Waals surface area (Å²) < 4.78 is 7.28. The van der Waals surface area contributed by atoms with Gasteiger partial charge in [0.25, 0.3) is 0 Å². The number of hydrogen-bond donors (Lipinski definition) is 0. The second-order valence-electron chi connectivity index (χ2n) is 8.31. The summed E-state index contributed by atoms with van der Waals surface area (Å²) >= 11 is 1.25. The maximum absolute atomic E-state index is 12.7. The summed E-state index contributed by atoms with van der Waals surface area (Å²) in [6, 6.07) is 5.64. The Hall–Kier alpha value is -2.61. The molecule has 0 saturated heterocycles. The molecule has 29 heavy (non-hydrogen) atoms. The van der Waals surface area contributed by atoms with E-state index in [2.05, 4.69) is 49.0 Å². The molecule has 1 aliphatic heterocycles. The molecule has 7 nitrogen and oxygen atoms in total. The average molecular weight is 413 g/mol. The highest BCUT2D eigenvalue weighted by Crippen LogP contribution is 2.43. The van der Waals surface area contributed by atoms with Crippen molar-refractivity contribution in [1.82, 2.24) is 14.8 Å². The molecule has 0 radical (unpaired) electrons. The van der Waals surface area contributed by atoms with Crippen LogP contribution in [0.3, 0.4) is 0 Å². The summed E-state index contributed by atoms with van der Waals surface area (Å²) in [7, 11) is 3.87. The lowest BCUT2D eigenvalue weighted by Gasteiger charge is -2.45. The highest BCUT2D eigenvalue weighted by atomic mass is 32.2. The van der Waals surface area contributed by atoms with Gasteiger partial charge in [-0.2, -0.15) is 0 Å². The van der Waals surface area contributed by atoms with E-state index in [-0.39, 0.29) is 22.6 Å². The van der Waals surface area contributed by atoms with Crippen LogP contribution in [-0.4, -0.2) is 38.9 Å². The van der Waals surface area contributed by atoms with Crippen molar-refractivity contribution in [2.45, 2.75) is 43.8 Å². The van der Waals surface area contributed by atoms with Crippen LogP contribution in [0.4, 0.5) is 5.69 Å². The molecule has 8 heteroatoms. The molecule has 0 unspecified atom stereocenters. The number of hydrogen-bond acceptors (Lipinski definition) is 7. The van der Waals surface area contributed by atoms with Crippen molar-refractivity contribution < 1.29 is 9.21 Å². The Balaban J connectivity index is 1.70. The van der Waals surface area contributed by atoms with E-state index in [4.69, 9.17) is 4.42 Å². The minimum Gasteiger partial charge on any atom is -0.422 e. The van der Waals surface area contributed by atoms with Crippen molar-refractivity contribution in [2.24, 2.45) is 7.05 Å². The molecule has 0 amide bonds. The first kappa shape index (κ1) is 19.7. The van der Waals surface area contributed by atoms with E-state index in [1.54, 1.807) is 24.0 Å². The summed E-state index contributed by atoms with van der Waals surface area (Å²) in [5.74, 6) is 0.192. The van der Waals surface area contributed by atoms with E-state index in [1.807, 2.05) is 6.07 Å². The van der Waals surface area contributed by atoms with E-state index in [0.717, 1.165) is 17.5 Å². The minimum absolute atomic E-state index is 0.0212. The van der Waals surface area contributed by atoms with Gasteiger partial charge in [-0.25, -0.2) is 4.79 Å². The van der Waals surface area contributed by atoms with E-state index in [0.29, 0.717) is 16.7 Å². The Kier molecular flexibility index (Phi) is 4.77. The summed E-state index contributed by atoms with van der Waals surface area (Å²) in [6.07, 6.45) is 2.60. The van der Waals surface area contributed by atoms with E-state index in [1.165, 1.54) is 17.3 Å². The molecule has 152 valence electrons. The average Bonchev–Trinajstić information content (AvgIpc) is 3.07. The zero-order valence-corrected chi connectivity index (χ0v) is 18.0. The van der Waals surface area contributed by atoms with Gasteiger partial charge in [0.15, 0.2) is 10.9 Å². The van der Waals surface area contributed by atoms with E-state index in [9.17, 15) is 9.59 Å². The van der Waals surface area contributed by atoms with Gasteiger partial charge in [0, 0.05) is 36.8 Å². The summed E-state index contributed by atoms with van der Waals surface area (Å²) in [5.41, 5.74) is 2.27. The van der Waals surface area contributed by atoms with Gasteiger partial charge in [-0.15, -0.1) is 10.2 Å². The van der Waals surface area contributed by atoms with Gasteiger partial charge in [-0.1, -0.05) is 18.7 Å².